The summed E-state index contributed by atoms with van der Waals surface area (Å²) in [4.78, 5) is 15.9. The second kappa shape index (κ2) is 5.82. The van der Waals surface area contributed by atoms with Gasteiger partial charge in [0, 0.05) is 37.8 Å². The van der Waals surface area contributed by atoms with Crippen LogP contribution in [0.15, 0.2) is 11.6 Å². The first kappa shape index (κ1) is 13.5. The summed E-state index contributed by atoms with van der Waals surface area (Å²) in [5.41, 5.74) is 5.90. The molecule has 2 saturated heterocycles. The highest BCUT2D eigenvalue weighted by Crippen LogP contribution is 2.15. The van der Waals surface area contributed by atoms with Crippen LogP contribution in [-0.2, 0) is 9.53 Å². The highest BCUT2D eigenvalue weighted by atomic mass is 16.5. The smallest absolute Gasteiger partial charge is 0.244 e. The van der Waals surface area contributed by atoms with Gasteiger partial charge >= 0.3 is 0 Å². The lowest BCUT2D eigenvalue weighted by Crippen LogP contribution is -2.57. The summed E-state index contributed by atoms with van der Waals surface area (Å²) in [5, 5.41) is 0. The van der Waals surface area contributed by atoms with Crippen LogP contribution in [0.1, 0.15) is 13.8 Å². The van der Waals surface area contributed by atoms with E-state index in [4.69, 9.17) is 10.5 Å². The van der Waals surface area contributed by atoms with Crippen molar-refractivity contribution >= 4 is 5.91 Å². The zero-order valence-electron chi connectivity index (χ0n) is 11.3. The molecular weight excluding hydrogens is 230 g/mol. The number of carbonyl (C=O) groups excluding carboxylic acids is 1. The summed E-state index contributed by atoms with van der Waals surface area (Å²) < 4.78 is 5.23. The molecule has 0 radical (unpaired) electrons. The Labute approximate surface area is 109 Å². The molecule has 0 aromatic carbocycles. The molecule has 2 rings (SSSR count). The summed E-state index contributed by atoms with van der Waals surface area (Å²) in [6, 6.07) is 0.905. The molecule has 2 heterocycles. The van der Waals surface area contributed by atoms with E-state index in [1.165, 1.54) is 0 Å². The van der Waals surface area contributed by atoms with Gasteiger partial charge in [-0.1, -0.05) is 6.08 Å². The van der Waals surface area contributed by atoms with Gasteiger partial charge in [-0.15, -0.1) is 0 Å². The van der Waals surface area contributed by atoms with Crippen LogP contribution < -0.4 is 5.73 Å². The van der Waals surface area contributed by atoms with Crippen LogP contribution in [0.4, 0.5) is 0 Å². The fourth-order valence-corrected chi connectivity index (χ4v) is 2.49. The van der Waals surface area contributed by atoms with Crippen LogP contribution >= 0.6 is 0 Å². The third-order valence-corrected chi connectivity index (χ3v) is 3.94. The minimum absolute atomic E-state index is 0.275. The molecule has 2 aliphatic rings. The summed E-state index contributed by atoms with van der Waals surface area (Å²) in [6.45, 7) is 9.92. The van der Waals surface area contributed by atoms with Crippen LogP contribution in [0.2, 0.25) is 0 Å². The van der Waals surface area contributed by atoms with E-state index >= 15 is 0 Å². The van der Waals surface area contributed by atoms with Crippen LogP contribution in [-0.4, -0.2) is 67.2 Å². The summed E-state index contributed by atoms with van der Waals surface area (Å²) in [6.07, 6.45) is 1.96. The number of piperazine rings is 1. The van der Waals surface area contributed by atoms with E-state index in [0.717, 1.165) is 39.4 Å². The number of ether oxygens (including phenoxy) is 1. The molecular formula is C13H23N3O2. The molecule has 2 N–H and O–H groups in total. The van der Waals surface area contributed by atoms with E-state index < -0.39 is 0 Å². The lowest BCUT2D eigenvalue weighted by molar-refractivity contribution is -0.114. The molecule has 0 aromatic rings. The van der Waals surface area contributed by atoms with E-state index in [0.29, 0.717) is 11.6 Å². The van der Waals surface area contributed by atoms with Crippen LogP contribution in [0.5, 0.6) is 0 Å². The maximum atomic E-state index is 11.0. The van der Waals surface area contributed by atoms with Gasteiger partial charge in [-0.3, -0.25) is 14.6 Å². The van der Waals surface area contributed by atoms with Crippen molar-refractivity contribution < 1.29 is 9.53 Å². The molecule has 0 spiro atoms. The van der Waals surface area contributed by atoms with Crippen molar-refractivity contribution in [1.82, 2.24) is 9.80 Å². The third kappa shape index (κ3) is 3.10. The quantitative estimate of drug-likeness (QED) is 0.706. The number of primary amides is 1. The predicted octanol–water partition coefficient (Wildman–Crippen LogP) is -0.177. The van der Waals surface area contributed by atoms with Crippen molar-refractivity contribution in [1.29, 1.82) is 0 Å². The first-order valence-electron chi connectivity index (χ1n) is 6.62. The average Bonchev–Trinajstić information content (AvgIpc) is 2.27. The maximum absolute atomic E-state index is 11.0. The molecule has 2 fully saturated rings. The van der Waals surface area contributed by atoms with Gasteiger partial charge in [-0.25, -0.2) is 0 Å². The van der Waals surface area contributed by atoms with Crippen LogP contribution in [0.25, 0.3) is 0 Å². The monoisotopic (exact) mass is 253 g/mol. The summed E-state index contributed by atoms with van der Waals surface area (Å²) in [5.74, 6) is -0.327. The zero-order valence-corrected chi connectivity index (χ0v) is 11.3. The van der Waals surface area contributed by atoms with Crippen molar-refractivity contribution in [3.63, 3.8) is 0 Å². The van der Waals surface area contributed by atoms with E-state index in [1.54, 1.807) is 6.92 Å². The SMILES string of the molecule is CC(=CC(C)N1CCN(C2COC2)CC1)C(N)=O. The lowest BCUT2D eigenvalue weighted by Gasteiger charge is -2.43. The number of nitrogens with two attached hydrogens (primary N) is 1. The van der Waals surface area contributed by atoms with Gasteiger partial charge in [-0.05, 0) is 13.8 Å². The van der Waals surface area contributed by atoms with Gasteiger partial charge in [0.1, 0.15) is 0 Å². The Kier molecular flexibility index (Phi) is 4.37. The first-order valence-corrected chi connectivity index (χ1v) is 6.62. The fraction of sp³-hybridized carbons (Fsp3) is 0.769. The number of amides is 1. The van der Waals surface area contributed by atoms with Gasteiger partial charge in [0.2, 0.25) is 5.91 Å². The Hall–Kier alpha value is -0.910. The van der Waals surface area contributed by atoms with Gasteiger partial charge < -0.3 is 10.5 Å². The number of hydrogen-bond donors (Lipinski definition) is 1. The van der Waals surface area contributed by atoms with E-state index in [-0.39, 0.29) is 11.9 Å². The zero-order chi connectivity index (χ0) is 13.1. The molecule has 1 amide bonds. The molecule has 102 valence electrons. The van der Waals surface area contributed by atoms with E-state index in [1.807, 2.05) is 6.08 Å². The van der Waals surface area contributed by atoms with Crippen LogP contribution in [0, 0.1) is 0 Å². The Morgan fingerprint density at radius 2 is 1.94 bits per heavy atom. The molecule has 2 aliphatic heterocycles. The number of nitrogens with zero attached hydrogens (tertiary/aromatic N) is 2. The largest absolute Gasteiger partial charge is 0.378 e. The van der Waals surface area contributed by atoms with Crippen LogP contribution in [0.3, 0.4) is 0 Å². The Morgan fingerprint density at radius 3 is 2.39 bits per heavy atom. The molecule has 18 heavy (non-hydrogen) atoms. The van der Waals surface area contributed by atoms with E-state index in [9.17, 15) is 4.79 Å². The summed E-state index contributed by atoms with van der Waals surface area (Å²) in [7, 11) is 0. The molecule has 5 heteroatoms. The number of carbonyl (C=O) groups is 1. The normalized spacial score (nSPS) is 25.8. The van der Waals surface area contributed by atoms with Crippen molar-refractivity contribution in [2.75, 3.05) is 39.4 Å². The molecule has 5 nitrogen and oxygen atoms in total. The van der Waals surface area contributed by atoms with Gasteiger partial charge in [0.15, 0.2) is 0 Å². The van der Waals surface area contributed by atoms with Crippen molar-refractivity contribution in [2.45, 2.75) is 25.9 Å². The lowest BCUT2D eigenvalue weighted by atomic mass is 10.1. The fourth-order valence-electron chi connectivity index (χ4n) is 2.49. The van der Waals surface area contributed by atoms with Crippen molar-refractivity contribution in [2.24, 2.45) is 5.73 Å². The topological polar surface area (TPSA) is 58.8 Å². The molecule has 0 saturated carbocycles. The highest BCUT2D eigenvalue weighted by Gasteiger charge is 2.29. The maximum Gasteiger partial charge on any atom is 0.244 e. The minimum atomic E-state index is -0.327. The summed E-state index contributed by atoms with van der Waals surface area (Å²) >= 11 is 0. The molecule has 0 aliphatic carbocycles. The Morgan fingerprint density at radius 1 is 1.33 bits per heavy atom. The average molecular weight is 253 g/mol. The third-order valence-electron chi connectivity index (χ3n) is 3.94. The second-order valence-corrected chi connectivity index (χ2v) is 5.22. The van der Waals surface area contributed by atoms with Crippen molar-refractivity contribution in [3.8, 4) is 0 Å². The first-order chi connectivity index (χ1) is 8.58. The minimum Gasteiger partial charge on any atom is -0.378 e. The standard InChI is InChI=1S/C13H23N3O2/c1-10(13(14)17)7-11(2)15-3-5-16(6-4-15)12-8-18-9-12/h7,11-12H,3-6,8-9H2,1-2H3,(H2,14,17). The van der Waals surface area contributed by atoms with Gasteiger partial charge in [-0.2, -0.15) is 0 Å². The molecule has 1 atom stereocenters. The highest BCUT2D eigenvalue weighted by molar-refractivity contribution is 5.91. The Balaban J connectivity index is 1.81. The Bertz CT molecular complexity index is 331. The van der Waals surface area contributed by atoms with Gasteiger partial charge in [0.25, 0.3) is 0 Å². The van der Waals surface area contributed by atoms with Crippen molar-refractivity contribution in [3.05, 3.63) is 11.6 Å². The number of hydrogen-bond acceptors (Lipinski definition) is 4. The molecule has 0 bridgehead atoms. The predicted molar refractivity (Wildman–Crippen MR) is 70.2 cm³/mol. The number of rotatable bonds is 4. The second-order valence-electron chi connectivity index (χ2n) is 5.22. The molecule has 1 unspecified atom stereocenters. The van der Waals surface area contributed by atoms with Gasteiger partial charge in [0.05, 0.1) is 19.3 Å². The van der Waals surface area contributed by atoms with E-state index in [2.05, 4.69) is 16.7 Å². The molecule has 0 aromatic heterocycles.